The fraction of sp³-hybridized carbons (Fsp3) is 0.167. The lowest BCUT2D eigenvalue weighted by atomic mass is 10.2. The summed E-state index contributed by atoms with van der Waals surface area (Å²) in [5.41, 5.74) is -0.845. The van der Waals surface area contributed by atoms with E-state index in [4.69, 9.17) is 4.74 Å². The molecule has 0 bridgehead atoms. The normalized spacial score (nSPS) is 11.4. The molecule has 0 aliphatic rings. The predicted molar refractivity (Wildman–Crippen MR) is 66.0 cm³/mol. The van der Waals surface area contributed by atoms with E-state index in [9.17, 15) is 13.2 Å². The van der Waals surface area contributed by atoms with E-state index in [0.29, 0.717) is 10.4 Å². The lowest BCUT2D eigenvalue weighted by Crippen LogP contribution is -2.07. The third kappa shape index (κ3) is 3.44. The first-order valence-corrected chi connectivity index (χ1v) is 6.01. The van der Waals surface area contributed by atoms with Crippen LogP contribution < -0.4 is 4.74 Å². The molecule has 0 amide bonds. The Balaban J connectivity index is 2.38. The van der Waals surface area contributed by atoms with Crippen LogP contribution in [0.1, 0.15) is 11.4 Å². The van der Waals surface area contributed by atoms with E-state index in [-0.39, 0.29) is 11.6 Å². The number of para-hydroxylation sites is 1. The summed E-state index contributed by atoms with van der Waals surface area (Å²) in [5.74, 6) is 0.157. The van der Waals surface area contributed by atoms with Crippen molar-refractivity contribution < 1.29 is 17.9 Å². The quantitative estimate of drug-likeness (QED) is 0.766. The van der Waals surface area contributed by atoms with Crippen LogP contribution in [0.4, 0.5) is 13.2 Å². The van der Waals surface area contributed by atoms with Crippen molar-refractivity contribution in [3.8, 4) is 11.6 Å². The Kier molecular flexibility index (Phi) is 3.75. The van der Waals surface area contributed by atoms with Crippen LogP contribution in [0.3, 0.4) is 0 Å². The van der Waals surface area contributed by atoms with Crippen LogP contribution in [0.25, 0.3) is 0 Å². The average molecular weight is 333 g/mol. The average Bonchev–Trinajstić information content (AvgIpc) is 2.26. The van der Waals surface area contributed by atoms with E-state index in [0.717, 1.165) is 6.07 Å². The van der Waals surface area contributed by atoms with E-state index < -0.39 is 11.7 Å². The van der Waals surface area contributed by atoms with Crippen LogP contribution in [0.15, 0.2) is 34.9 Å². The molecular weight excluding hydrogens is 325 g/mol. The maximum atomic E-state index is 12.8. The zero-order chi connectivity index (χ0) is 14.0. The number of aryl methyl sites for hydroxylation is 1. The zero-order valence-electron chi connectivity index (χ0n) is 9.70. The van der Waals surface area contributed by atoms with Crippen LogP contribution >= 0.6 is 15.9 Å². The molecule has 7 heteroatoms. The van der Waals surface area contributed by atoms with Crippen LogP contribution in [-0.2, 0) is 6.18 Å². The van der Waals surface area contributed by atoms with Crippen LogP contribution in [-0.4, -0.2) is 9.97 Å². The molecule has 0 N–H and O–H groups in total. The van der Waals surface area contributed by atoms with Gasteiger partial charge in [0.25, 0.3) is 0 Å². The minimum absolute atomic E-state index is 0.0519. The maximum Gasteiger partial charge on any atom is 0.419 e. The first kappa shape index (κ1) is 13.8. The molecule has 1 aromatic carbocycles. The van der Waals surface area contributed by atoms with Crippen molar-refractivity contribution in [2.75, 3.05) is 0 Å². The number of alkyl halides is 3. The van der Waals surface area contributed by atoms with E-state index in [1.54, 1.807) is 6.92 Å². The molecule has 0 fully saturated rings. The van der Waals surface area contributed by atoms with Crippen LogP contribution in [0.2, 0.25) is 0 Å². The highest BCUT2D eigenvalue weighted by molar-refractivity contribution is 9.10. The second-order valence-corrected chi connectivity index (χ2v) is 4.48. The van der Waals surface area contributed by atoms with Crippen molar-refractivity contribution in [2.24, 2.45) is 0 Å². The highest BCUT2D eigenvalue weighted by Crippen LogP contribution is 2.37. The SMILES string of the molecule is Cc1nc(Br)cc(Oc2ccccc2C(F)(F)F)n1. The van der Waals surface area contributed by atoms with Crippen LogP contribution in [0, 0.1) is 6.92 Å². The van der Waals surface area contributed by atoms with Crippen molar-refractivity contribution >= 4 is 15.9 Å². The van der Waals surface area contributed by atoms with Crippen molar-refractivity contribution in [1.29, 1.82) is 0 Å². The van der Waals surface area contributed by atoms with Crippen molar-refractivity contribution in [3.63, 3.8) is 0 Å². The molecule has 2 rings (SSSR count). The van der Waals surface area contributed by atoms with Gasteiger partial charge in [0, 0.05) is 6.07 Å². The number of hydrogen-bond donors (Lipinski definition) is 0. The Morgan fingerprint density at radius 2 is 1.84 bits per heavy atom. The molecule has 0 radical (unpaired) electrons. The number of aromatic nitrogens is 2. The van der Waals surface area contributed by atoms with Gasteiger partial charge < -0.3 is 4.74 Å². The smallest absolute Gasteiger partial charge is 0.419 e. The molecule has 19 heavy (non-hydrogen) atoms. The lowest BCUT2D eigenvalue weighted by Gasteiger charge is -2.13. The fourth-order valence-corrected chi connectivity index (χ4v) is 1.91. The second-order valence-electron chi connectivity index (χ2n) is 3.67. The van der Waals surface area contributed by atoms with Gasteiger partial charge in [0.05, 0.1) is 5.56 Å². The molecule has 0 aliphatic heterocycles. The summed E-state index contributed by atoms with van der Waals surface area (Å²) >= 11 is 3.13. The van der Waals surface area contributed by atoms with Gasteiger partial charge in [0.1, 0.15) is 16.2 Å². The minimum Gasteiger partial charge on any atom is -0.438 e. The molecule has 0 spiro atoms. The molecule has 1 aromatic heterocycles. The third-order valence-corrected chi connectivity index (χ3v) is 2.60. The van der Waals surface area contributed by atoms with Gasteiger partial charge in [-0.05, 0) is 35.0 Å². The standard InChI is InChI=1S/C12H8BrF3N2O/c1-7-17-10(13)6-11(18-7)19-9-5-3-2-4-8(9)12(14,15)16/h2-6H,1H3. The van der Waals surface area contributed by atoms with E-state index in [1.807, 2.05) is 0 Å². The molecule has 3 nitrogen and oxygen atoms in total. The maximum absolute atomic E-state index is 12.8. The third-order valence-electron chi connectivity index (χ3n) is 2.19. The van der Waals surface area contributed by atoms with Crippen LogP contribution in [0.5, 0.6) is 11.6 Å². The highest BCUT2D eigenvalue weighted by Gasteiger charge is 2.34. The number of rotatable bonds is 2. The lowest BCUT2D eigenvalue weighted by molar-refractivity contribution is -0.138. The van der Waals surface area contributed by atoms with Gasteiger partial charge in [-0.1, -0.05) is 12.1 Å². The van der Waals surface area contributed by atoms with Crippen molar-refractivity contribution in [2.45, 2.75) is 13.1 Å². The summed E-state index contributed by atoms with van der Waals surface area (Å²) in [5, 5.41) is 0. The monoisotopic (exact) mass is 332 g/mol. The summed E-state index contributed by atoms with van der Waals surface area (Å²) in [7, 11) is 0. The summed E-state index contributed by atoms with van der Waals surface area (Å²) < 4.78 is 44.0. The topological polar surface area (TPSA) is 35.0 Å². The Bertz CT molecular complexity index is 582. The molecule has 0 unspecified atom stereocenters. The van der Waals surface area contributed by atoms with Gasteiger partial charge >= 0.3 is 6.18 Å². The Morgan fingerprint density at radius 1 is 1.16 bits per heavy atom. The Hall–Kier alpha value is -1.63. The molecule has 0 atom stereocenters. The van der Waals surface area contributed by atoms with Crippen molar-refractivity contribution in [3.05, 3.63) is 46.3 Å². The Morgan fingerprint density at radius 3 is 2.47 bits per heavy atom. The van der Waals surface area contributed by atoms with Gasteiger partial charge in [-0.3, -0.25) is 0 Å². The Labute approximate surface area is 115 Å². The number of halogens is 4. The number of benzene rings is 1. The first-order chi connectivity index (χ1) is 8.86. The van der Waals surface area contributed by atoms with Gasteiger partial charge in [-0.2, -0.15) is 18.2 Å². The second kappa shape index (κ2) is 5.16. The van der Waals surface area contributed by atoms with Gasteiger partial charge in [0.2, 0.25) is 5.88 Å². The molecule has 0 saturated heterocycles. The molecule has 1 heterocycles. The summed E-state index contributed by atoms with van der Waals surface area (Å²) in [6.07, 6.45) is -4.48. The number of ether oxygens (including phenoxy) is 1. The highest BCUT2D eigenvalue weighted by atomic mass is 79.9. The molecule has 0 saturated carbocycles. The minimum atomic E-state index is -4.48. The molecule has 0 aliphatic carbocycles. The van der Waals surface area contributed by atoms with E-state index >= 15 is 0 Å². The largest absolute Gasteiger partial charge is 0.438 e. The number of nitrogens with zero attached hydrogens (tertiary/aromatic N) is 2. The summed E-state index contributed by atoms with van der Waals surface area (Å²) in [6.45, 7) is 1.62. The molecule has 100 valence electrons. The van der Waals surface area contributed by atoms with Gasteiger partial charge in [0.15, 0.2) is 0 Å². The van der Waals surface area contributed by atoms with E-state index in [2.05, 4.69) is 25.9 Å². The predicted octanol–water partition coefficient (Wildman–Crippen LogP) is 4.36. The molecule has 2 aromatic rings. The van der Waals surface area contributed by atoms with Crippen molar-refractivity contribution in [1.82, 2.24) is 9.97 Å². The van der Waals surface area contributed by atoms with Gasteiger partial charge in [-0.15, -0.1) is 0 Å². The van der Waals surface area contributed by atoms with E-state index in [1.165, 1.54) is 24.3 Å². The van der Waals surface area contributed by atoms with Gasteiger partial charge in [-0.25, -0.2) is 4.98 Å². The fourth-order valence-electron chi connectivity index (χ4n) is 1.46. The molecular formula is C12H8BrF3N2O. The summed E-state index contributed by atoms with van der Waals surface area (Å²) in [4.78, 5) is 7.87. The number of hydrogen-bond acceptors (Lipinski definition) is 3. The zero-order valence-corrected chi connectivity index (χ0v) is 11.3. The first-order valence-electron chi connectivity index (χ1n) is 5.21. The summed E-state index contributed by atoms with van der Waals surface area (Å²) in [6, 6.07) is 6.37.